The van der Waals surface area contributed by atoms with E-state index in [4.69, 9.17) is 5.73 Å². The number of halogens is 3. The summed E-state index contributed by atoms with van der Waals surface area (Å²) in [5, 5.41) is 3.14. The van der Waals surface area contributed by atoms with Gasteiger partial charge in [0.15, 0.2) is 0 Å². The molecule has 8 heteroatoms. The fourth-order valence-corrected chi connectivity index (χ4v) is 3.59. The van der Waals surface area contributed by atoms with Crippen molar-refractivity contribution in [3.05, 3.63) is 64.9 Å². The highest BCUT2D eigenvalue weighted by Gasteiger charge is 2.30. The van der Waals surface area contributed by atoms with E-state index in [1.165, 1.54) is 13.0 Å². The number of hydrogen-bond donors (Lipinski definition) is 2. The van der Waals surface area contributed by atoms with Crippen molar-refractivity contribution in [1.29, 1.82) is 0 Å². The Morgan fingerprint density at radius 3 is 2.70 bits per heavy atom. The number of hydrogen-bond acceptors (Lipinski definition) is 3. The Morgan fingerprint density at radius 2 is 2.10 bits per heavy atom. The van der Waals surface area contributed by atoms with Crippen molar-refractivity contribution >= 4 is 17.3 Å². The Hall–Kier alpha value is -3.03. The molecule has 0 radical (unpaired) electrons. The molecule has 0 saturated heterocycles. The molecule has 1 amide bonds. The summed E-state index contributed by atoms with van der Waals surface area (Å²) >= 11 is 0. The van der Waals surface area contributed by atoms with Crippen molar-refractivity contribution < 1.29 is 18.0 Å². The van der Waals surface area contributed by atoms with E-state index in [9.17, 15) is 18.0 Å². The summed E-state index contributed by atoms with van der Waals surface area (Å²) in [5.41, 5.74) is 8.60. The van der Waals surface area contributed by atoms with Crippen LogP contribution in [0.5, 0.6) is 0 Å². The molecule has 1 aromatic rings. The lowest BCUT2D eigenvalue weighted by molar-refractivity contribution is -0.137. The third-order valence-corrected chi connectivity index (χ3v) is 5.31. The van der Waals surface area contributed by atoms with Crippen molar-refractivity contribution in [3.63, 3.8) is 0 Å². The number of nitrogens with one attached hydrogen (secondary N) is 1. The minimum Gasteiger partial charge on any atom is -0.391 e. The van der Waals surface area contributed by atoms with Crippen LogP contribution in [0.25, 0.3) is 5.57 Å². The van der Waals surface area contributed by atoms with E-state index in [1.54, 1.807) is 17.0 Å². The Balaban J connectivity index is 1.75. The molecule has 30 heavy (non-hydrogen) atoms. The average Bonchev–Trinajstić information content (AvgIpc) is 2.73. The fraction of sp³-hybridized carbons (Fsp3) is 0.364. The molecule has 2 aliphatic rings. The van der Waals surface area contributed by atoms with E-state index in [-0.39, 0.29) is 11.9 Å². The predicted molar refractivity (Wildman–Crippen MR) is 112 cm³/mol. The highest BCUT2D eigenvalue weighted by Crippen LogP contribution is 2.32. The predicted octanol–water partition coefficient (Wildman–Crippen LogP) is 3.50. The number of alkyl halides is 3. The zero-order valence-electron chi connectivity index (χ0n) is 17.0. The van der Waals surface area contributed by atoms with Gasteiger partial charge in [0.2, 0.25) is 5.91 Å². The standard InChI is InChI=1S/C22H25F3N4O/c1-14(30)29-11-10-20(27-2)19(13-29)21(26)28-18-8-6-15(7-9-18)16-4-3-5-17(12-16)22(23,24)25/h3-8,12,18,27H,9-11,13H2,1-2H3,(H2,26,28). The average molecular weight is 418 g/mol. The van der Waals surface area contributed by atoms with Gasteiger partial charge in [-0.2, -0.15) is 13.2 Å². The number of amidine groups is 1. The van der Waals surface area contributed by atoms with Crippen LogP contribution in [0.2, 0.25) is 0 Å². The van der Waals surface area contributed by atoms with Crippen LogP contribution in [0, 0.1) is 0 Å². The first kappa shape index (κ1) is 21.7. The molecule has 3 N–H and O–H groups in total. The molecule has 0 aromatic heterocycles. The molecule has 5 nitrogen and oxygen atoms in total. The summed E-state index contributed by atoms with van der Waals surface area (Å²) in [6.45, 7) is 2.57. The van der Waals surface area contributed by atoms with Gasteiger partial charge in [0.25, 0.3) is 0 Å². The van der Waals surface area contributed by atoms with Crippen LogP contribution in [0.3, 0.4) is 0 Å². The first-order valence-electron chi connectivity index (χ1n) is 9.74. The van der Waals surface area contributed by atoms with E-state index in [1.807, 2.05) is 19.2 Å². The summed E-state index contributed by atoms with van der Waals surface area (Å²) in [6.07, 6.45) is 2.32. The van der Waals surface area contributed by atoms with Crippen LogP contribution in [0.4, 0.5) is 13.2 Å². The van der Waals surface area contributed by atoms with Crippen LogP contribution in [0.15, 0.2) is 58.8 Å². The Labute approximate surface area is 173 Å². The van der Waals surface area contributed by atoms with E-state index in [0.29, 0.717) is 37.3 Å². The van der Waals surface area contributed by atoms with Gasteiger partial charge >= 0.3 is 6.18 Å². The van der Waals surface area contributed by atoms with Gasteiger partial charge in [-0.15, -0.1) is 0 Å². The molecule has 0 bridgehead atoms. The highest BCUT2D eigenvalue weighted by molar-refractivity contribution is 5.99. The van der Waals surface area contributed by atoms with Crippen molar-refractivity contribution in [2.45, 2.75) is 32.0 Å². The van der Waals surface area contributed by atoms with E-state index in [2.05, 4.69) is 10.3 Å². The van der Waals surface area contributed by atoms with Crippen LogP contribution in [-0.4, -0.2) is 42.8 Å². The quantitative estimate of drug-likeness (QED) is 0.581. The molecule has 1 heterocycles. The Kier molecular flexibility index (Phi) is 6.34. The summed E-state index contributed by atoms with van der Waals surface area (Å²) < 4.78 is 38.9. The smallest absolute Gasteiger partial charge is 0.391 e. The number of allylic oxidation sites excluding steroid dienone is 2. The van der Waals surface area contributed by atoms with Gasteiger partial charge in [-0.1, -0.05) is 30.4 Å². The van der Waals surface area contributed by atoms with Crippen molar-refractivity contribution in [2.75, 3.05) is 20.1 Å². The molecule has 1 aliphatic carbocycles. The third kappa shape index (κ3) is 4.93. The van der Waals surface area contributed by atoms with Gasteiger partial charge in [-0.05, 0) is 29.7 Å². The molecule has 1 aliphatic heterocycles. The number of rotatable bonds is 4. The van der Waals surface area contributed by atoms with Gasteiger partial charge in [-0.25, -0.2) is 0 Å². The van der Waals surface area contributed by atoms with Crippen LogP contribution in [-0.2, 0) is 11.0 Å². The van der Waals surface area contributed by atoms with Gasteiger partial charge in [0, 0.05) is 38.2 Å². The first-order valence-corrected chi connectivity index (χ1v) is 9.74. The number of amides is 1. The normalized spacial score (nSPS) is 20.3. The lowest BCUT2D eigenvalue weighted by Crippen LogP contribution is -2.41. The Morgan fingerprint density at radius 1 is 1.33 bits per heavy atom. The number of carbonyl (C=O) groups is 1. The topological polar surface area (TPSA) is 70.7 Å². The zero-order valence-corrected chi connectivity index (χ0v) is 17.0. The minimum absolute atomic E-state index is 0.0123. The zero-order chi connectivity index (χ0) is 21.9. The molecule has 1 unspecified atom stereocenters. The lowest BCUT2D eigenvalue weighted by Gasteiger charge is -2.30. The molecule has 160 valence electrons. The molecular formula is C22H25F3N4O. The molecule has 0 spiro atoms. The van der Waals surface area contributed by atoms with Crippen molar-refractivity contribution in [3.8, 4) is 0 Å². The second kappa shape index (κ2) is 8.77. The van der Waals surface area contributed by atoms with E-state index in [0.717, 1.165) is 29.0 Å². The fourth-order valence-electron chi connectivity index (χ4n) is 3.59. The number of carbonyl (C=O) groups excluding carboxylic acids is 1. The van der Waals surface area contributed by atoms with Crippen molar-refractivity contribution in [2.24, 2.45) is 10.7 Å². The van der Waals surface area contributed by atoms with Crippen LogP contribution < -0.4 is 11.1 Å². The maximum atomic E-state index is 13.0. The monoisotopic (exact) mass is 418 g/mol. The highest BCUT2D eigenvalue weighted by atomic mass is 19.4. The molecule has 1 aromatic carbocycles. The molecule has 0 saturated carbocycles. The first-order chi connectivity index (χ1) is 14.2. The SMILES string of the molecule is CNC1=C(C(N)=NC2C=CC(c3cccc(C(F)(F)F)c3)=CC2)CN(C(C)=O)CC1. The Bertz CT molecular complexity index is 944. The summed E-state index contributed by atoms with van der Waals surface area (Å²) in [4.78, 5) is 18.0. The molecule has 0 fully saturated rings. The largest absolute Gasteiger partial charge is 0.416 e. The van der Waals surface area contributed by atoms with E-state index >= 15 is 0 Å². The van der Waals surface area contributed by atoms with Crippen molar-refractivity contribution in [1.82, 2.24) is 10.2 Å². The molecule has 1 atom stereocenters. The number of benzene rings is 1. The summed E-state index contributed by atoms with van der Waals surface area (Å²) in [5.74, 6) is 0.359. The second-order valence-corrected chi connectivity index (χ2v) is 7.31. The number of aliphatic imine (C=N–C) groups is 1. The van der Waals surface area contributed by atoms with Crippen LogP contribution >= 0.6 is 0 Å². The number of nitrogens with zero attached hydrogens (tertiary/aromatic N) is 2. The summed E-state index contributed by atoms with van der Waals surface area (Å²) in [7, 11) is 1.82. The van der Waals surface area contributed by atoms with Gasteiger partial charge in [0.05, 0.1) is 18.2 Å². The van der Waals surface area contributed by atoms with Gasteiger partial charge in [0.1, 0.15) is 5.84 Å². The maximum Gasteiger partial charge on any atom is 0.416 e. The lowest BCUT2D eigenvalue weighted by atomic mass is 9.96. The molecular weight excluding hydrogens is 393 g/mol. The van der Waals surface area contributed by atoms with Gasteiger partial charge < -0.3 is 16.0 Å². The third-order valence-electron chi connectivity index (χ3n) is 5.31. The van der Waals surface area contributed by atoms with Crippen LogP contribution in [0.1, 0.15) is 30.9 Å². The number of nitrogens with two attached hydrogens (primary N) is 1. The second-order valence-electron chi connectivity index (χ2n) is 7.31. The van der Waals surface area contributed by atoms with E-state index < -0.39 is 11.7 Å². The summed E-state index contributed by atoms with van der Waals surface area (Å²) in [6, 6.07) is 5.07. The molecule has 3 rings (SSSR count). The van der Waals surface area contributed by atoms with Gasteiger partial charge in [-0.3, -0.25) is 9.79 Å². The minimum atomic E-state index is -4.37. The maximum absolute atomic E-state index is 13.0.